The lowest BCUT2D eigenvalue weighted by molar-refractivity contribution is 0.427. The average Bonchev–Trinajstić information content (AvgIpc) is 2.40. The van der Waals surface area contributed by atoms with Crippen molar-refractivity contribution in [2.75, 3.05) is 6.54 Å². The molecule has 2 nitrogen and oxygen atoms in total. The Morgan fingerprint density at radius 3 is 2.57 bits per heavy atom. The van der Waals surface area contributed by atoms with Crippen LogP contribution in [-0.4, -0.2) is 18.8 Å². The van der Waals surface area contributed by atoms with Gasteiger partial charge in [0.15, 0.2) is 0 Å². The fourth-order valence-electron chi connectivity index (χ4n) is 2.38. The molecule has 0 aromatic carbocycles. The molecular weight excluding hydrogens is 256 g/mol. The number of nitrogens with zero attached hydrogens (tertiary/aromatic N) is 1. The van der Waals surface area contributed by atoms with Crippen molar-refractivity contribution in [3.05, 3.63) is 36.1 Å². The van der Waals surface area contributed by atoms with Crippen molar-refractivity contribution in [2.24, 2.45) is 10.4 Å². The molecule has 1 unspecified atom stereocenters. The van der Waals surface area contributed by atoms with Gasteiger partial charge < -0.3 is 5.32 Å². The molecule has 0 amide bonds. The molecule has 0 bridgehead atoms. The molecule has 120 valence electrons. The average molecular weight is 290 g/mol. The maximum Gasteiger partial charge on any atom is 0.0296 e. The van der Waals surface area contributed by atoms with Crippen LogP contribution in [0.5, 0.6) is 0 Å². The molecule has 0 saturated carbocycles. The van der Waals surface area contributed by atoms with Crippen LogP contribution in [0, 0.1) is 5.41 Å². The lowest BCUT2D eigenvalue weighted by Crippen LogP contribution is -2.28. The van der Waals surface area contributed by atoms with Gasteiger partial charge in [0.05, 0.1) is 0 Å². The Balaban J connectivity index is 5.09. The van der Waals surface area contributed by atoms with Gasteiger partial charge in [0.25, 0.3) is 0 Å². The van der Waals surface area contributed by atoms with E-state index in [9.17, 15) is 0 Å². The predicted octanol–water partition coefficient (Wildman–Crippen LogP) is 5.29. The molecule has 0 aliphatic carbocycles. The van der Waals surface area contributed by atoms with E-state index in [1.807, 2.05) is 25.4 Å². The van der Waals surface area contributed by atoms with Gasteiger partial charge in [-0.15, -0.1) is 6.58 Å². The zero-order valence-electron chi connectivity index (χ0n) is 14.9. The van der Waals surface area contributed by atoms with Gasteiger partial charge in [0.1, 0.15) is 0 Å². The first kappa shape index (κ1) is 19.9. The summed E-state index contributed by atoms with van der Waals surface area (Å²) in [6.45, 7) is 17.8. The Morgan fingerprint density at radius 2 is 2.05 bits per heavy atom. The topological polar surface area (TPSA) is 24.4 Å². The number of hydrogen-bond acceptors (Lipinski definition) is 2. The number of nitrogens with one attached hydrogen (secondary N) is 1. The van der Waals surface area contributed by atoms with E-state index in [1.54, 1.807) is 0 Å². The third kappa shape index (κ3) is 9.41. The van der Waals surface area contributed by atoms with Gasteiger partial charge in [-0.3, -0.25) is 4.99 Å². The second kappa shape index (κ2) is 10.6. The minimum Gasteiger partial charge on any atom is -0.310 e. The minimum atomic E-state index is 0.221. The maximum atomic E-state index is 4.26. The number of allylic oxidation sites excluding steroid dienone is 1. The van der Waals surface area contributed by atoms with Gasteiger partial charge in [-0.2, -0.15) is 0 Å². The second-order valence-electron chi connectivity index (χ2n) is 6.43. The largest absolute Gasteiger partial charge is 0.310 e. The molecule has 1 N–H and O–H groups in total. The molecule has 0 spiro atoms. The van der Waals surface area contributed by atoms with Crippen LogP contribution < -0.4 is 5.32 Å². The third-order valence-corrected chi connectivity index (χ3v) is 3.54. The molecule has 1 atom stereocenters. The molecular formula is C19H34N2. The first-order valence-corrected chi connectivity index (χ1v) is 8.07. The van der Waals surface area contributed by atoms with E-state index < -0.39 is 0 Å². The summed E-state index contributed by atoms with van der Waals surface area (Å²) in [6.07, 6.45) is 11.5. The summed E-state index contributed by atoms with van der Waals surface area (Å²) < 4.78 is 0. The summed E-state index contributed by atoms with van der Waals surface area (Å²) in [5.74, 6) is 0. The lowest BCUT2D eigenvalue weighted by Gasteiger charge is -2.23. The number of aliphatic imine (C=N–C) groups is 1. The van der Waals surface area contributed by atoms with E-state index in [1.165, 1.54) is 24.0 Å². The van der Waals surface area contributed by atoms with E-state index in [4.69, 9.17) is 0 Å². The van der Waals surface area contributed by atoms with Crippen molar-refractivity contribution in [2.45, 2.75) is 66.8 Å². The standard InChI is InChI=1S/C19H34N2/c1-8-11-17(5)21-15-18(16(4)14-20-10-3)13-19(6,7)12-9-2/h8,10,13-14,17,21H,1,9,11-12,15H2,2-7H3/b16-14+,18-13+,20-10-. The molecule has 0 fully saturated rings. The van der Waals surface area contributed by atoms with E-state index in [0.717, 1.165) is 13.0 Å². The lowest BCUT2D eigenvalue weighted by atomic mass is 9.85. The van der Waals surface area contributed by atoms with Crippen LogP contribution in [0.4, 0.5) is 0 Å². The summed E-state index contributed by atoms with van der Waals surface area (Å²) in [7, 11) is 0. The van der Waals surface area contributed by atoms with Crippen molar-refractivity contribution in [3.63, 3.8) is 0 Å². The van der Waals surface area contributed by atoms with Crippen LogP contribution in [0.1, 0.15) is 60.8 Å². The minimum absolute atomic E-state index is 0.221. The maximum absolute atomic E-state index is 4.26. The van der Waals surface area contributed by atoms with E-state index in [0.29, 0.717) is 6.04 Å². The SMILES string of the molecule is C=CCC(C)NCC(=C\C(C)(C)CCC)/C(C)=C/N=C\C. The highest BCUT2D eigenvalue weighted by Crippen LogP contribution is 2.27. The van der Waals surface area contributed by atoms with Gasteiger partial charge >= 0.3 is 0 Å². The number of rotatable bonds is 10. The monoisotopic (exact) mass is 290 g/mol. The smallest absolute Gasteiger partial charge is 0.0296 e. The van der Waals surface area contributed by atoms with Crippen molar-refractivity contribution < 1.29 is 0 Å². The summed E-state index contributed by atoms with van der Waals surface area (Å²) in [5.41, 5.74) is 2.80. The first-order valence-electron chi connectivity index (χ1n) is 8.07. The zero-order valence-corrected chi connectivity index (χ0v) is 14.9. The van der Waals surface area contributed by atoms with Gasteiger partial charge in [0.2, 0.25) is 0 Å². The van der Waals surface area contributed by atoms with Crippen molar-refractivity contribution in [3.8, 4) is 0 Å². The van der Waals surface area contributed by atoms with Crippen molar-refractivity contribution in [1.29, 1.82) is 0 Å². The van der Waals surface area contributed by atoms with Crippen molar-refractivity contribution in [1.82, 2.24) is 5.32 Å². The van der Waals surface area contributed by atoms with Crippen LogP contribution in [0.2, 0.25) is 0 Å². The van der Waals surface area contributed by atoms with Crippen molar-refractivity contribution >= 4 is 6.21 Å². The van der Waals surface area contributed by atoms with E-state index in [-0.39, 0.29) is 5.41 Å². The highest BCUT2D eigenvalue weighted by molar-refractivity contribution is 5.54. The second-order valence-corrected chi connectivity index (χ2v) is 6.43. The van der Waals surface area contributed by atoms with Crippen LogP contribution >= 0.6 is 0 Å². The Morgan fingerprint density at radius 1 is 1.38 bits per heavy atom. The predicted molar refractivity (Wildman–Crippen MR) is 97.0 cm³/mol. The molecule has 2 heteroatoms. The highest BCUT2D eigenvalue weighted by Gasteiger charge is 2.15. The normalized spacial score (nSPS) is 15.5. The highest BCUT2D eigenvalue weighted by atomic mass is 14.9. The fraction of sp³-hybridized carbons (Fsp3) is 0.632. The molecule has 0 saturated heterocycles. The Bertz CT molecular complexity index is 386. The molecule has 0 aromatic rings. The summed E-state index contributed by atoms with van der Waals surface area (Å²) in [5, 5.41) is 3.57. The van der Waals surface area contributed by atoms with Crippen LogP contribution in [-0.2, 0) is 0 Å². The Kier molecular flexibility index (Phi) is 9.98. The van der Waals surface area contributed by atoms with Gasteiger partial charge in [0, 0.05) is 25.0 Å². The first-order chi connectivity index (χ1) is 9.86. The zero-order chi connectivity index (χ0) is 16.3. The Labute approximate surface area is 132 Å². The van der Waals surface area contributed by atoms with Crippen LogP contribution in [0.25, 0.3) is 0 Å². The molecule has 0 radical (unpaired) electrons. The van der Waals surface area contributed by atoms with Gasteiger partial charge in [-0.05, 0) is 50.2 Å². The molecule has 0 rings (SSSR count). The Hall–Kier alpha value is -1.15. The molecule has 0 heterocycles. The molecule has 0 aromatic heterocycles. The summed E-state index contributed by atoms with van der Waals surface area (Å²) >= 11 is 0. The van der Waals surface area contributed by atoms with E-state index >= 15 is 0 Å². The summed E-state index contributed by atoms with van der Waals surface area (Å²) in [6, 6.07) is 0.447. The van der Waals surface area contributed by atoms with Gasteiger partial charge in [-0.25, -0.2) is 0 Å². The molecule has 21 heavy (non-hydrogen) atoms. The van der Waals surface area contributed by atoms with Crippen LogP contribution in [0.3, 0.4) is 0 Å². The molecule has 0 aliphatic rings. The summed E-state index contributed by atoms with van der Waals surface area (Å²) in [4.78, 5) is 4.26. The molecule has 0 aliphatic heterocycles. The van der Waals surface area contributed by atoms with E-state index in [2.05, 4.69) is 57.6 Å². The fourth-order valence-corrected chi connectivity index (χ4v) is 2.38. The quantitative estimate of drug-likeness (QED) is 0.330. The number of hydrogen-bond donors (Lipinski definition) is 1. The van der Waals surface area contributed by atoms with Crippen LogP contribution in [0.15, 0.2) is 41.1 Å². The third-order valence-electron chi connectivity index (χ3n) is 3.54. The van der Waals surface area contributed by atoms with Gasteiger partial charge in [-0.1, -0.05) is 39.3 Å².